The van der Waals surface area contributed by atoms with Gasteiger partial charge in [0.25, 0.3) is 0 Å². The van der Waals surface area contributed by atoms with Gasteiger partial charge in [-0.05, 0) is 41.1 Å². The lowest BCUT2D eigenvalue weighted by atomic mass is 10.2. The Labute approximate surface area is 107 Å². The van der Waals surface area contributed by atoms with Crippen LogP contribution in [0.3, 0.4) is 0 Å². The van der Waals surface area contributed by atoms with E-state index < -0.39 is 0 Å². The number of aryl methyl sites for hydroxylation is 1. The van der Waals surface area contributed by atoms with E-state index in [1.165, 1.54) is 0 Å². The highest BCUT2D eigenvalue weighted by Gasteiger charge is 2.05. The van der Waals surface area contributed by atoms with Gasteiger partial charge >= 0.3 is 0 Å². The van der Waals surface area contributed by atoms with Gasteiger partial charge in [-0.3, -0.25) is 4.98 Å². The molecule has 0 unspecified atom stereocenters. The maximum absolute atomic E-state index is 4.49. The Bertz CT molecular complexity index is 508. The number of nitrogens with zero attached hydrogens (tertiary/aromatic N) is 1. The van der Waals surface area contributed by atoms with Crippen molar-refractivity contribution in [2.24, 2.45) is 0 Å². The molecule has 1 nitrogen and oxygen atoms in total. The Kier molecular flexibility index (Phi) is 2.96. The molecule has 0 bridgehead atoms. The van der Waals surface area contributed by atoms with Gasteiger partial charge in [0.1, 0.15) is 0 Å². The molecule has 14 heavy (non-hydrogen) atoms. The first-order valence-corrected chi connectivity index (χ1v) is 6.38. The predicted molar refractivity (Wildman–Crippen MR) is 69.6 cm³/mol. The second-order valence-electron chi connectivity index (χ2n) is 3.01. The number of pyridine rings is 1. The smallest absolute Gasteiger partial charge is 0.0728 e. The molecule has 0 aliphatic rings. The van der Waals surface area contributed by atoms with Crippen LogP contribution in [0.5, 0.6) is 0 Å². The van der Waals surface area contributed by atoms with E-state index in [0.29, 0.717) is 0 Å². The molecule has 0 saturated carbocycles. The topological polar surface area (TPSA) is 12.9 Å². The van der Waals surface area contributed by atoms with E-state index in [2.05, 4.69) is 58.8 Å². The molecule has 0 fully saturated rings. The highest BCUT2D eigenvalue weighted by atomic mass is 79.9. The SMILES string of the molecule is Cc1nc2cc(Br)cc(Br)c2cc1Br. The third-order valence-electron chi connectivity index (χ3n) is 1.98. The number of rotatable bonds is 0. The molecule has 0 amide bonds. The zero-order valence-electron chi connectivity index (χ0n) is 7.31. The molecule has 1 aromatic carbocycles. The molecule has 2 aromatic rings. The zero-order valence-corrected chi connectivity index (χ0v) is 12.1. The van der Waals surface area contributed by atoms with Gasteiger partial charge in [0.15, 0.2) is 0 Å². The second kappa shape index (κ2) is 3.91. The van der Waals surface area contributed by atoms with Crippen molar-refractivity contribution in [3.05, 3.63) is 37.3 Å². The molecular formula is C10H6Br3N. The standard InChI is InChI=1S/C10H6Br3N/c1-5-8(12)4-7-9(13)2-6(11)3-10(7)14-5/h2-4H,1H3. The van der Waals surface area contributed by atoms with Crippen molar-refractivity contribution in [2.75, 3.05) is 0 Å². The van der Waals surface area contributed by atoms with Gasteiger partial charge in [-0.15, -0.1) is 0 Å². The van der Waals surface area contributed by atoms with Crippen LogP contribution in [0.4, 0.5) is 0 Å². The molecule has 1 aromatic heterocycles. The zero-order chi connectivity index (χ0) is 10.3. The van der Waals surface area contributed by atoms with Crippen molar-refractivity contribution in [1.82, 2.24) is 4.98 Å². The Morgan fingerprint density at radius 2 is 1.71 bits per heavy atom. The fourth-order valence-electron chi connectivity index (χ4n) is 1.27. The minimum Gasteiger partial charge on any atom is -0.252 e. The van der Waals surface area contributed by atoms with Crippen LogP contribution < -0.4 is 0 Å². The first-order chi connectivity index (χ1) is 6.58. The van der Waals surface area contributed by atoms with Crippen LogP contribution in [0.25, 0.3) is 10.9 Å². The molecule has 72 valence electrons. The Morgan fingerprint density at radius 3 is 2.43 bits per heavy atom. The van der Waals surface area contributed by atoms with Gasteiger partial charge in [0.2, 0.25) is 0 Å². The minimum absolute atomic E-state index is 0.993. The van der Waals surface area contributed by atoms with E-state index in [1.54, 1.807) is 0 Å². The normalized spacial score (nSPS) is 10.9. The monoisotopic (exact) mass is 377 g/mol. The molecule has 0 spiro atoms. The average Bonchev–Trinajstić information content (AvgIpc) is 2.08. The lowest BCUT2D eigenvalue weighted by Gasteiger charge is -2.04. The summed E-state index contributed by atoms with van der Waals surface area (Å²) in [6.07, 6.45) is 0. The van der Waals surface area contributed by atoms with E-state index >= 15 is 0 Å². The number of fused-ring (bicyclic) bond motifs is 1. The minimum atomic E-state index is 0.993. The summed E-state index contributed by atoms with van der Waals surface area (Å²) in [4.78, 5) is 4.49. The van der Waals surface area contributed by atoms with Crippen molar-refractivity contribution in [1.29, 1.82) is 0 Å². The Morgan fingerprint density at radius 1 is 1.00 bits per heavy atom. The summed E-state index contributed by atoms with van der Waals surface area (Å²) in [6.45, 7) is 1.98. The van der Waals surface area contributed by atoms with Gasteiger partial charge in [-0.2, -0.15) is 0 Å². The first-order valence-electron chi connectivity index (χ1n) is 4.00. The summed E-state index contributed by atoms with van der Waals surface area (Å²) in [7, 11) is 0. The van der Waals surface area contributed by atoms with Gasteiger partial charge in [0, 0.05) is 18.8 Å². The number of hydrogen-bond donors (Lipinski definition) is 0. The molecular weight excluding hydrogens is 374 g/mol. The van der Waals surface area contributed by atoms with Crippen LogP contribution in [0.2, 0.25) is 0 Å². The van der Waals surface area contributed by atoms with E-state index in [-0.39, 0.29) is 0 Å². The van der Waals surface area contributed by atoms with Crippen LogP contribution in [0.1, 0.15) is 5.69 Å². The third kappa shape index (κ3) is 1.88. The molecule has 0 atom stereocenters. The molecule has 0 N–H and O–H groups in total. The van der Waals surface area contributed by atoms with E-state index in [0.717, 1.165) is 30.0 Å². The van der Waals surface area contributed by atoms with Gasteiger partial charge in [0.05, 0.1) is 11.2 Å². The molecule has 0 aliphatic heterocycles. The second-order valence-corrected chi connectivity index (χ2v) is 5.63. The van der Waals surface area contributed by atoms with Crippen molar-refractivity contribution in [3.63, 3.8) is 0 Å². The van der Waals surface area contributed by atoms with Gasteiger partial charge in [-0.1, -0.05) is 31.9 Å². The Hall–Kier alpha value is 0.0700. The number of hydrogen-bond acceptors (Lipinski definition) is 1. The number of aromatic nitrogens is 1. The summed E-state index contributed by atoms with van der Waals surface area (Å²) in [5.41, 5.74) is 1.99. The van der Waals surface area contributed by atoms with Crippen LogP contribution >= 0.6 is 47.8 Å². The average molecular weight is 380 g/mol. The van der Waals surface area contributed by atoms with Crippen LogP contribution in [-0.4, -0.2) is 4.98 Å². The molecule has 2 rings (SSSR count). The largest absolute Gasteiger partial charge is 0.252 e. The highest BCUT2D eigenvalue weighted by molar-refractivity contribution is 9.11. The quantitative estimate of drug-likeness (QED) is 0.638. The Balaban J connectivity index is 2.89. The summed E-state index contributed by atoms with van der Waals surface area (Å²) >= 11 is 10.4. The van der Waals surface area contributed by atoms with Crippen molar-refractivity contribution < 1.29 is 0 Å². The lowest BCUT2D eigenvalue weighted by molar-refractivity contribution is 1.23. The summed E-state index contributed by atoms with van der Waals surface area (Å²) in [5, 5.41) is 1.12. The van der Waals surface area contributed by atoms with Crippen LogP contribution in [-0.2, 0) is 0 Å². The number of halogens is 3. The highest BCUT2D eigenvalue weighted by Crippen LogP contribution is 2.30. The number of benzene rings is 1. The fourth-order valence-corrected chi connectivity index (χ4v) is 2.91. The first kappa shape index (κ1) is 10.6. The molecule has 4 heteroatoms. The molecule has 0 aliphatic carbocycles. The van der Waals surface area contributed by atoms with E-state index in [4.69, 9.17) is 0 Å². The summed E-state index contributed by atoms with van der Waals surface area (Å²) in [6, 6.07) is 6.11. The summed E-state index contributed by atoms with van der Waals surface area (Å²) < 4.78 is 3.12. The fraction of sp³-hybridized carbons (Fsp3) is 0.100. The maximum atomic E-state index is 4.49. The van der Waals surface area contributed by atoms with Crippen molar-refractivity contribution >= 4 is 58.7 Å². The van der Waals surface area contributed by atoms with E-state index in [1.807, 2.05) is 19.1 Å². The molecule has 0 saturated heterocycles. The van der Waals surface area contributed by atoms with Crippen LogP contribution in [0, 0.1) is 6.92 Å². The molecule has 1 heterocycles. The predicted octanol–water partition coefficient (Wildman–Crippen LogP) is 4.83. The van der Waals surface area contributed by atoms with Gasteiger partial charge in [-0.25, -0.2) is 0 Å². The van der Waals surface area contributed by atoms with Crippen LogP contribution in [0.15, 0.2) is 31.6 Å². The maximum Gasteiger partial charge on any atom is 0.0728 e. The van der Waals surface area contributed by atoms with Crippen molar-refractivity contribution in [2.45, 2.75) is 6.92 Å². The van der Waals surface area contributed by atoms with Crippen molar-refractivity contribution in [3.8, 4) is 0 Å². The van der Waals surface area contributed by atoms with E-state index in [9.17, 15) is 0 Å². The summed E-state index contributed by atoms with van der Waals surface area (Å²) in [5.74, 6) is 0. The lowest BCUT2D eigenvalue weighted by Crippen LogP contribution is -1.86. The van der Waals surface area contributed by atoms with Gasteiger partial charge < -0.3 is 0 Å². The molecule has 0 radical (unpaired) electrons. The third-order valence-corrected chi connectivity index (χ3v) is 3.89.